The Morgan fingerprint density at radius 1 is 1.14 bits per heavy atom. The van der Waals surface area contributed by atoms with Gasteiger partial charge in [-0.15, -0.1) is 5.10 Å². The van der Waals surface area contributed by atoms with Crippen molar-refractivity contribution in [2.75, 3.05) is 44.9 Å². The number of nitrogens with zero attached hydrogens (tertiary/aromatic N) is 4. The van der Waals surface area contributed by atoms with Crippen molar-refractivity contribution in [2.45, 2.75) is 33.3 Å². The van der Waals surface area contributed by atoms with Gasteiger partial charge in [0.1, 0.15) is 23.3 Å². The first-order valence-corrected chi connectivity index (χ1v) is 11.8. The summed E-state index contributed by atoms with van der Waals surface area (Å²) in [4.78, 5) is 6.78. The number of aliphatic imine (C=N–C) groups is 1. The molecular weight excluding hydrogens is 440 g/mol. The third kappa shape index (κ3) is 6.48. The second-order valence-corrected chi connectivity index (χ2v) is 8.46. The summed E-state index contributed by atoms with van der Waals surface area (Å²) in [6, 6.07) is 15.9. The van der Waals surface area contributed by atoms with Gasteiger partial charge in [0.25, 0.3) is 0 Å². The number of ether oxygens (including phenoxy) is 2. The second kappa shape index (κ2) is 12.2. The van der Waals surface area contributed by atoms with Crippen LogP contribution in [0.5, 0.6) is 11.5 Å². The Bertz CT molecular complexity index is 1150. The van der Waals surface area contributed by atoms with Crippen molar-refractivity contribution in [1.29, 1.82) is 0 Å². The number of nitrogens with one attached hydrogen (secondary N) is 1. The highest BCUT2D eigenvalue weighted by atomic mass is 16.5. The molecule has 0 spiro atoms. The zero-order valence-electron chi connectivity index (χ0n) is 21.5. The van der Waals surface area contributed by atoms with E-state index in [1.54, 1.807) is 0 Å². The van der Waals surface area contributed by atoms with E-state index in [-0.39, 0.29) is 6.10 Å². The summed E-state index contributed by atoms with van der Waals surface area (Å²) >= 11 is 0. The van der Waals surface area contributed by atoms with Crippen LogP contribution in [0.15, 0.2) is 53.5 Å². The van der Waals surface area contributed by atoms with Crippen molar-refractivity contribution in [3.05, 3.63) is 65.4 Å². The number of aryl methyl sites for hydroxylation is 1. The molecule has 1 unspecified atom stereocenters. The van der Waals surface area contributed by atoms with E-state index in [0.29, 0.717) is 29.5 Å². The van der Waals surface area contributed by atoms with Crippen molar-refractivity contribution in [1.82, 2.24) is 15.5 Å². The molecule has 3 rings (SSSR count). The smallest absolute Gasteiger partial charge is 0.174 e. The number of benzene rings is 2. The maximum absolute atomic E-state index is 6.59. The molecule has 0 amide bonds. The van der Waals surface area contributed by atoms with Crippen LogP contribution in [0.3, 0.4) is 0 Å². The predicted octanol–water partition coefficient (Wildman–Crippen LogP) is 4.70. The largest absolute Gasteiger partial charge is 0.494 e. The fourth-order valence-corrected chi connectivity index (χ4v) is 3.88. The lowest BCUT2D eigenvalue weighted by Crippen LogP contribution is -2.18. The molecule has 3 aromatic rings. The number of nitrogen functional groups attached to an aromatic ring is 1. The van der Waals surface area contributed by atoms with E-state index in [9.17, 15) is 0 Å². The molecule has 0 bridgehead atoms. The first-order valence-electron chi connectivity index (χ1n) is 11.8. The number of anilines is 2. The maximum atomic E-state index is 6.59. The molecule has 0 fully saturated rings. The van der Waals surface area contributed by atoms with Crippen molar-refractivity contribution in [2.24, 2.45) is 4.99 Å². The van der Waals surface area contributed by atoms with E-state index in [0.717, 1.165) is 41.2 Å². The van der Waals surface area contributed by atoms with E-state index in [2.05, 4.69) is 27.6 Å². The lowest BCUT2D eigenvalue weighted by molar-refractivity contribution is 0.195. The van der Waals surface area contributed by atoms with Crippen LogP contribution in [0, 0.1) is 6.92 Å². The molecule has 0 radical (unpaired) electrons. The lowest BCUT2D eigenvalue weighted by atomic mass is 10.1. The highest BCUT2D eigenvalue weighted by Crippen LogP contribution is 2.37. The Kier molecular flexibility index (Phi) is 9.03. The molecular formula is C27H36N6O2. The number of hydrogen-bond donors (Lipinski definition) is 2. The van der Waals surface area contributed by atoms with E-state index in [1.165, 1.54) is 0 Å². The highest BCUT2D eigenvalue weighted by molar-refractivity contribution is 6.07. The topological polar surface area (TPSA) is 97.9 Å². The Morgan fingerprint density at radius 3 is 2.54 bits per heavy atom. The predicted molar refractivity (Wildman–Crippen MR) is 143 cm³/mol. The number of rotatable bonds is 11. The molecule has 8 nitrogen and oxygen atoms in total. The fraction of sp³-hybridized carbons (Fsp3) is 0.370. The van der Waals surface area contributed by atoms with E-state index in [4.69, 9.17) is 20.2 Å². The Labute approximate surface area is 208 Å². The van der Waals surface area contributed by atoms with E-state index in [1.807, 2.05) is 83.2 Å². The summed E-state index contributed by atoms with van der Waals surface area (Å²) in [5.41, 5.74) is 11.0. The van der Waals surface area contributed by atoms with Gasteiger partial charge in [-0.3, -0.25) is 0 Å². The van der Waals surface area contributed by atoms with Crippen LogP contribution in [-0.2, 0) is 0 Å². The third-order valence-corrected chi connectivity index (χ3v) is 5.58. The molecule has 35 heavy (non-hydrogen) atoms. The van der Waals surface area contributed by atoms with Crippen LogP contribution in [0.2, 0.25) is 0 Å². The minimum Gasteiger partial charge on any atom is -0.494 e. The van der Waals surface area contributed by atoms with Gasteiger partial charge in [0, 0.05) is 37.9 Å². The van der Waals surface area contributed by atoms with Crippen molar-refractivity contribution >= 4 is 22.9 Å². The minimum atomic E-state index is -0.149. The summed E-state index contributed by atoms with van der Waals surface area (Å²) in [6.07, 6.45) is 0.651. The SMILES string of the molecule is CCOc1ccc(N=C(C)c2c(C)nnc(N(C)C)c2N)c(OC(CCNC)c2ccccc2)c1. The summed E-state index contributed by atoms with van der Waals surface area (Å²) in [6.45, 7) is 7.15. The van der Waals surface area contributed by atoms with Gasteiger partial charge in [-0.2, -0.15) is 5.10 Å². The Hall–Kier alpha value is -3.65. The average Bonchev–Trinajstić information content (AvgIpc) is 2.83. The van der Waals surface area contributed by atoms with Gasteiger partial charge in [-0.1, -0.05) is 30.3 Å². The Balaban J connectivity index is 2.06. The third-order valence-electron chi connectivity index (χ3n) is 5.58. The van der Waals surface area contributed by atoms with Crippen molar-refractivity contribution in [3.8, 4) is 11.5 Å². The van der Waals surface area contributed by atoms with Gasteiger partial charge in [-0.25, -0.2) is 4.99 Å². The van der Waals surface area contributed by atoms with Crippen molar-refractivity contribution < 1.29 is 9.47 Å². The minimum absolute atomic E-state index is 0.149. The van der Waals surface area contributed by atoms with Gasteiger partial charge in [0.15, 0.2) is 5.82 Å². The molecule has 8 heteroatoms. The van der Waals surface area contributed by atoms with Gasteiger partial charge < -0.3 is 25.4 Å². The summed E-state index contributed by atoms with van der Waals surface area (Å²) in [5, 5.41) is 11.7. The normalized spacial score (nSPS) is 12.3. The summed E-state index contributed by atoms with van der Waals surface area (Å²) < 4.78 is 12.3. The first-order chi connectivity index (χ1) is 16.8. The number of aromatic nitrogens is 2. The van der Waals surface area contributed by atoms with Gasteiger partial charge in [0.05, 0.1) is 18.0 Å². The van der Waals surface area contributed by atoms with Gasteiger partial charge >= 0.3 is 0 Å². The molecule has 0 saturated carbocycles. The molecule has 1 heterocycles. The standard InChI is InChI=1S/C27H36N6O2/c1-7-34-21-13-14-22(30-18(2)25-19(3)31-32-27(26(25)28)33(5)6)24(17-21)35-23(15-16-29-4)20-11-9-8-10-12-20/h8-14,17,23,29H,7,15-16H2,1-6H3,(H2,28,31). The molecule has 3 N–H and O–H groups in total. The Morgan fingerprint density at radius 2 is 1.89 bits per heavy atom. The molecule has 1 aromatic heterocycles. The summed E-state index contributed by atoms with van der Waals surface area (Å²) in [7, 11) is 5.72. The highest BCUT2D eigenvalue weighted by Gasteiger charge is 2.19. The average molecular weight is 477 g/mol. The molecule has 2 aromatic carbocycles. The van der Waals surface area contributed by atoms with Crippen LogP contribution in [-0.4, -0.2) is 50.2 Å². The maximum Gasteiger partial charge on any atom is 0.174 e. The number of hydrogen-bond acceptors (Lipinski definition) is 8. The number of nitrogens with two attached hydrogens (primary N) is 1. The monoisotopic (exact) mass is 476 g/mol. The molecule has 0 aliphatic rings. The van der Waals surface area contributed by atoms with Gasteiger partial charge in [-0.05, 0) is 52.1 Å². The zero-order chi connectivity index (χ0) is 25.4. The van der Waals surface area contributed by atoms with Crippen LogP contribution >= 0.6 is 0 Å². The quantitative estimate of drug-likeness (QED) is 0.387. The van der Waals surface area contributed by atoms with Gasteiger partial charge in [0.2, 0.25) is 0 Å². The van der Waals surface area contributed by atoms with Crippen LogP contribution in [0.1, 0.15) is 43.2 Å². The lowest BCUT2D eigenvalue weighted by Gasteiger charge is -2.22. The van der Waals surface area contributed by atoms with Crippen LogP contribution in [0.25, 0.3) is 0 Å². The molecule has 1 atom stereocenters. The fourth-order valence-electron chi connectivity index (χ4n) is 3.88. The molecule has 0 aliphatic heterocycles. The van der Waals surface area contributed by atoms with Crippen LogP contribution in [0.4, 0.5) is 17.2 Å². The molecule has 186 valence electrons. The second-order valence-electron chi connectivity index (χ2n) is 8.46. The van der Waals surface area contributed by atoms with E-state index < -0.39 is 0 Å². The first kappa shape index (κ1) is 26.0. The van der Waals surface area contributed by atoms with Crippen molar-refractivity contribution in [3.63, 3.8) is 0 Å². The molecule has 0 aliphatic carbocycles. The van der Waals surface area contributed by atoms with Crippen LogP contribution < -0.4 is 25.4 Å². The summed E-state index contributed by atoms with van der Waals surface area (Å²) in [5.74, 6) is 1.99. The van der Waals surface area contributed by atoms with E-state index >= 15 is 0 Å². The zero-order valence-corrected chi connectivity index (χ0v) is 21.5. The molecule has 0 saturated heterocycles.